The third kappa shape index (κ3) is 7.94. The highest BCUT2D eigenvalue weighted by Gasteiger charge is 2.04. The van der Waals surface area contributed by atoms with Gasteiger partial charge in [-0.25, -0.2) is 13.1 Å². The van der Waals surface area contributed by atoms with Crippen molar-refractivity contribution in [1.29, 1.82) is 5.26 Å². The fraction of sp³-hybridized carbons (Fsp3) is 0.409. The Morgan fingerprint density at radius 2 is 1.52 bits per heavy atom. The Bertz CT molecular complexity index is 853. The average molecular weight is 385 g/mol. The summed E-state index contributed by atoms with van der Waals surface area (Å²) >= 11 is 0. The highest BCUT2D eigenvalue weighted by atomic mass is 32.2. The van der Waals surface area contributed by atoms with Crippen LogP contribution in [0.4, 0.5) is 0 Å². The maximum Gasteiger partial charge on any atom is 0.208 e. The number of hydrogen-bond donors (Lipinski definition) is 1. The fourth-order valence-electron chi connectivity index (χ4n) is 3.10. The van der Waals surface area contributed by atoms with Gasteiger partial charge in [-0.3, -0.25) is 0 Å². The summed E-state index contributed by atoms with van der Waals surface area (Å²) in [6, 6.07) is 18.4. The van der Waals surface area contributed by atoms with Crippen LogP contribution < -0.4 is 4.72 Å². The molecule has 0 aromatic heterocycles. The molecule has 0 aliphatic rings. The summed E-state index contributed by atoms with van der Waals surface area (Å²) in [5.74, 6) is 0. The summed E-state index contributed by atoms with van der Waals surface area (Å²) in [5.41, 5.74) is 4.10. The molecule has 0 saturated heterocycles. The van der Waals surface area contributed by atoms with Crippen LogP contribution in [0.15, 0.2) is 48.5 Å². The number of unbranched alkanes of at least 4 members (excludes halogenated alkanes) is 5. The van der Waals surface area contributed by atoms with E-state index in [2.05, 4.69) is 35.1 Å². The van der Waals surface area contributed by atoms with Crippen LogP contribution in [0.5, 0.6) is 0 Å². The van der Waals surface area contributed by atoms with Crippen LogP contribution in [0.25, 0.3) is 11.1 Å². The first-order valence-corrected chi connectivity index (χ1v) is 11.4. The normalized spacial score (nSPS) is 11.3. The molecule has 0 heterocycles. The number of aryl methyl sites for hydroxylation is 1. The van der Waals surface area contributed by atoms with E-state index in [4.69, 9.17) is 0 Å². The van der Waals surface area contributed by atoms with Gasteiger partial charge in [0.25, 0.3) is 0 Å². The van der Waals surface area contributed by atoms with Crippen LogP contribution in [0.2, 0.25) is 0 Å². The van der Waals surface area contributed by atoms with Crippen LogP contribution in [0.3, 0.4) is 0 Å². The highest BCUT2D eigenvalue weighted by molar-refractivity contribution is 7.88. The second-order valence-electron chi connectivity index (χ2n) is 6.89. The summed E-state index contributed by atoms with van der Waals surface area (Å²) in [6.07, 6.45) is 8.92. The molecule has 0 amide bonds. The van der Waals surface area contributed by atoms with E-state index in [0.717, 1.165) is 43.2 Å². The van der Waals surface area contributed by atoms with Crippen molar-refractivity contribution in [2.45, 2.75) is 44.9 Å². The van der Waals surface area contributed by atoms with Gasteiger partial charge in [0.2, 0.25) is 10.0 Å². The van der Waals surface area contributed by atoms with E-state index in [9.17, 15) is 13.7 Å². The first-order valence-electron chi connectivity index (χ1n) is 9.53. The van der Waals surface area contributed by atoms with Crippen molar-refractivity contribution in [3.63, 3.8) is 0 Å². The zero-order valence-corrected chi connectivity index (χ0v) is 16.8. The van der Waals surface area contributed by atoms with Gasteiger partial charge in [-0.15, -0.1) is 0 Å². The Balaban J connectivity index is 1.65. The van der Waals surface area contributed by atoms with Gasteiger partial charge in [0.1, 0.15) is 0 Å². The summed E-state index contributed by atoms with van der Waals surface area (Å²) in [4.78, 5) is 0. The fourth-order valence-corrected chi connectivity index (χ4v) is 3.62. The molecule has 4 nitrogen and oxygen atoms in total. The predicted octanol–water partition coefficient (Wildman–Crippen LogP) is 4.66. The first-order chi connectivity index (χ1) is 13.0. The van der Waals surface area contributed by atoms with Crippen LogP contribution in [-0.2, 0) is 16.4 Å². The summed E-state index contributed by atoms with van der Waals surface area (Å²) in [7, 11) is -3.05. The lowest BCUT2D eigenvalue weighted by Gasteiger charge is -2.06. The Hall–Kier alpha value is -2.16. The van der Waals surface area contributed by atoms with Crippen molar-refractivity contribution in [2.75, 3.05) is 12.8 Å². The zero-order chi connectivity index (χ0) is 19.5. The van der Waals surface area contributed by atoms with Crippen molar-refractivity contribution in [3.8, 4) is 17.2 Å². The molecule has 0 radical (unpaired) electrons. The van der Waals surface area contributed by atoms with Crippen molar-refractivity contribution in [3.05, 3.63) is 59.7 Å². The van der Waals surface area contributed by atoms with Gasteiger partial charge in [-0.1, -0.05) is 68.1 Å². The van der Waals surface area contributed by atoms with E-state index in [1.807, 2.05) is 24.3 Å². The van der Waals surface area contributed by atoms with Crippen molar-refractivity contribution in [1.82, 2.24) is 4.72 Å². The molecule has 0 atom stereocenters. The summed E-state index contributed by atoms with van der Waals surface area (Å²) in [5, 5.41) is 9.22. The molecule has 0 aliphatic heterocycles. The smallest absolute Gasteiger partial charge is 0.208 e. The number of sulfonamides is 1. The molecule has 0 bridgehead atoms. The minimum atomic E-state index is -3.05. The molecule has 2 aromatic rings. The molecule has 0 spiro atoms. The summed E-state index contributed by atoms with van der Waals surface area (Å²) in [6.45, 7) is 0.542. The van der Waals surface area contributed by atoms with Gasteiger partial charge >= 0.3 is 0 Å². The molecule has 0 saturated carbocycles. The van der Waals surface area contributed by atoms with Gasteiger partial charge in [0.05, 0.1) is 17.9 Å². The Labute approximate surface area is 163 Å². The highest BCUT2D eigenvalue weighted by Crippen LogP contribution is 2.24. The molecular weight excluding hydrogens is 356 g/mol. The third-order valence-corrected chi connectivity index (χ3v) is 5.30. The van der Waals surface area contributed by atoms with Gasteiger partial charge in [-0.05, 0) is 42.0 Å². The molecule has 0 fully saturated rings. The van der Waals surface area contributed by atoms with E-state index in [1.165, 1.54) is 24.7 Å². The first kappa shape index (κ1) is 21.1. The van der Waals surface area contributed by atoms with Crippen LogP contribution in [-0.4, -0.2) is 21.2 Å². The quantitative estimate of drug-likeness (QED) is 0.573. The zero-order valence-electron chi connectivity index (χ0n) is 15.9. The number of nitrogens with zero attached hydrogens (tertiary/aromatic N) is 1. The number of rotatable bonds is 11. The summed E-state index contributed by atoms with van der Waals surface area (Å²) < 4.78 is 24.4. The molecule has 144 valence electrons. The van der Waals surface area contributed by atoms with Crippen molar-refractivity contribution in [2.24, 2.45) is 0 Å². The monoisotopic (exact) mass is 384 g/mol. The number of nitrogens with one attached hydrogen (secondary N) is 1. The molecule has 0 aliphatic carbocycles. The lowest BCUT2D eigenvalue weighted by Crippen LogP contribution is -2.22. The Morgan fingerprint density at radius 3 is 2.19 bits per heavy atom. The SMILES string of the molecule is CS(=O)(=O)NCCCCCCCCc1ccc(-c2ccccc2C#N)cc1. The molecule has 1 N–H and O–H groups in total. The minimum absolute atomic E-state index is 0.542. The average Bonchev–Trinajstić information content (AvgIpc) is 2.66. The maximum atomic E-state index is 10.9. The molecule has 0 unspecified atom stereocenters. The van der Waals surface area contributed by atoms with Gasteiger partial charge in [0, 0.05) is 6.54 Å². The Morgan fingerprint density at radius 1 is 0.889 bits per heavy atom. The van der Waals surface area contributed by atoms with Gasteiger partial charge < -0.3 is 0 Å². The van der Waals surface area contributed by atoms with E-state index in [-0.39, 0.29) is 0 Å². The van der Waals surface area contributed by atoms with Crippen LogP contribution in [0.1, 0.15) is 49.7 Å². The van der Waals surface area contributed by atoms with Gasteiger partial charge in [-0.2, -0.15) is 5.26 Å². The second kappa shape index (κ2) is 10.9. The lowest BCUT2D eigenvalue weighted by molar-refractivity contribution is 0.569. The van der Waals surface area contributed by atoms with E-state index >= 15 is 0 Å². The molecule has 2 aromatic carbocycles. The van der Waals surface area contributed by atoms with Crippen LogP contribution >= 0.6 is 0 Å². The number of nitriles is 1. The second-order valence-corrected chi connectivity index (χ2v) is 8.73. The van der Waals surface area contributed by atoms with Crippen LogP contribution in [0, 0.1) is 11.3 Å². The Kier molecular flexibility index (Phi) is 8.50. The lowest BCUT2D eigenvalue weighted by atomic mass is 9.98. The molecule has 5 heteroatoms. The third-order valence-electron chi connectivity index (χ3n) is 4.57. The van der Waals surface area contributed by atoms with E-state index in [1.54, 1.807) is 0 Å². The number of benzene rings is 2. The minimum Gasteiger partial charge on any atom is -0.215 e. The number of hydrogen-bond acceptors (Lipinski definition) is 3. The predicted molar refractivity (Wildman–Crippen MR) is 111 cm³/mol. The molecular formula is C22H28N2O2S. The molecule has 2 rings (SSSR count). The maximum absolute atomic E-state index is 10.9. The van der Waals surface area contributed by atoms with Gasteiger partial charge in [0.15, 0.2) is 0 Å². The standard InChI is InChI=1S/C22H28N2O2S/c1-27(25,26)24-17-9-5-3-2-4-6-10-19-13-15-20(16-14-19)22-12-8-7-11-21(22)18-23/h7-8,11-16,24H,2-6,9-10,17H2,1H3. The molecule has 27 heavy (non-hydrogen) atoms. The van der Waals surface area contributed by atoms with E-state index in [0.29, 0.717) is 12.1 Å². The van der Waals surface area contributed by atoms with E-state index < -0.39 is 10.0 Å². The largest absolute Gasteiger partial charge is 0.215 e. The van der Waals surface area contributed by atoms with Crippen molar-refractivity contribution >= 4 is 10.0 Å². The van der Waals surface area contributed by atoms with Crippen molar-refractivity contribution < 1.29 is 8.42 Å². The topological polar surface area (TPSA) is 70.0 Å².